The topological polar surface area (TPSA) is 151 Å². The van der Waals surface area contributed by atoms with Crippen LogP contribution in [0.3, 0.4) is 0 Å². The molecule has 0 aromatic carbocycles. The summed E-state index contributed by atoms with van der Waals surface area (Å²) in [5.74, 6) is -0.406. The monoisotopic (exact) mass is 875 g/mol. The molecule has 0 heterocycles. The number of hydrogen-bond acceptors (Lipinski definition) is 7. The molecule has 0 rings (SSSR count). The summed E-state index contributed by atoms with van der Waals surface area (Å²) in [6.45, 7) is 4.10. The fraction of sp³-hybridized carbons (Fsp3) is 0.980. The highest BCUT2D eigenvalue weighted by molar-refractivity contribution is 7.47. The third kappa shape index (κ3) is 44.1. The van der Waals surface area contributed by atoms with E-state index in [1.54, 1.807) is 0 Å². The molecular formula is C50H103N2O7P. The van der Waals surface area contributed by atoms with Gasteiger partial charge in [-0.15, -0.1) is 0 Å². The molecule has 4 unspecified atom stereocenters. The van der Waals surface area contributed by atoms with Crippen LogP contribution in [0.25, 0.3) is 0 Å². The summed E-state index contributed by atoms with van der Waals surface area (Å²) in [5, 5.41) is 24.3. The molecule has 360 valence electrons. The Kier molecular flexibility index (Phi) is 46.0. The van der Waals surface area contributed by atoms with Crippen LogP contribution in [0, 0.1) is 0 Å². The first kappa shape index (κ1) is 59.5. The van der Waals surface area contributed by atoms with Crippen molar-refractivity contribution in [2.24, 2.45) is 5.73 Å². The van der Waals surface area contributed by atoms with Gasteiger partial charge in [0.2, 0.25) is 5.91 Å². The van der Waals surface area contributed by atoms with Crippen LogP contribution in [-0.4, -0.2) is 59.0 Å². The van der Waals surface area contributed by atoms with Gasteiger partial charge in [0.15, 0.2) is 0 Å². The molecule has 0 aromatic rings. The number of carbonyl (C=O) groups excluding carboxylic acids is 1. The van der Waals surface area contributed by atoms with Crippen LogP contribution in [0.4, 0.5) is 0 Å². The molecule has 0 aromatic heterocycles. The van der Waals surface area contributed by atoms with Crippen LogP contribution < -0.4 is 11.1 Å². The lowest BCUT2D eigenvalue weighted by molar-refractivity contribution is -0.125. The summed E-state index contributed by atoms with van der Waals surface area (Å²) >= 11 is 0. The van der Waals surface area contributed by atoms with Gasteiger partial charge in [-0.1, -0.05) is 258 Å². The lowest BCUT2D eigenvalue weighted by atomic mass is 10.0. The number of hydrogen-bond donors (Lipinski definition) is 5. The SMILES string of the molecule is CCCCCCCCCCCCCCCCCCCCCCCC(O)C(COP(=O)(O)OCCN)NC(=O)CC(O)CCCCCCCCCCCCCCCCCCC. The smallest absolute Gasteiger partial charge is 0.393 e. The maximum atomic E-state index is 12.9. The van der Waals surface area contributed by atoms with Gasteiger partial charge in [0.05, 0.1) is 37.9 Å². The van der Waals surface area contributed by atoms with Gasteiger partial charge < -0.3 is 26.2 Å². The second-order valence-electron chi connectivity index (χ2n) is 18.3. The van der Waals surface area contributed by atoms with E-state index in [9.17, 15) is 24.5 Å². The van der Waals surface area contributed by atoms with E-state index >= 15 is 0 Å². The third-order valence-electron chi connectivity index (χ3n) is 12.3. The van der Waals surface area contributed by atoms with Gasteiger partial charge >= 0.3 is 7.82 Å². The molecule has 0 aliphatic heterocycles. The van der Waals surface area contributed by atoms with Gasteiger partial charge in [-0.2, -0.15) is 0 Å². The normalized spacial score (nSPS) is 14.3. The van der Waals surface area contributed by atoms with Gasteiger partial charge in [0.1, 0.15) is 0 Å². The highest BCUT2D eigenvalue weighted by atomic mass is 31.2. The van der Waals surface area contributed by atoms with Gasteiger partial charge in [-0.25, -0.2) is 4.57 Å². The van der Waals surface area contributed by atoms with Gasteiger partial charge in [0, 0.05) is 6.54 Å². The molecule has 4 atom stereocenters. The van der Waals surface area contributed by atoms with E-state index in [2.05, 4.69) is 19.2 Å². The highest BCUT2D eigenvalue weighted by Gasteiger charge is 2.28. The van der Waals surface area contributed by atoms with Crippen LogP contribution in [0.5, 0.6) is 0 Å². The molecule has 0 saturated carbocycles. The maximum Gasteiger partial charge on any atom is 0.472 e. The van der Waals surface area contributed by atoms with Crippen molar-refractivity contribution in [1.82, 2.24) is 5.32 Å². The first-order chi connectivity index (χ1) is 29.3. The van der Waals surface area contributed by atoms with E-state index in [4.69, 9.17) is 14.8 Å². The number of amides is 1. The van der Waals surface area contributed by atoms with Crippen LogP contribution in [0.2, 0.25) is 0 Å². The fourth-order valence-corrected chi connectivity index (χ4v) is 9.06. The molecule has 0 fully saturated rings. The Bertz CT molecular complexity index is 929. The van der Waals surface area contributed by atoms with Crippen LogP contribution in [0.1, 0.15) is 277 Å². The molecule has 0 saturated heterocycles. The summed E-state index contributed by atoms with van der Waals surface area (Å²) in [4.78, 5) is 22.9. The molecule has 0 aliphatic rings. The van der Waals surface area contributed by atoms with Crippen LogP contribution >= 0.6 is 7.82 Å². The van der Waals surface area contributed by atoms with Crippen molar-refractivity contribution in [2.75, 3.05) is 19.8 Å². The fourth-order valence-electron chi connectivity index (χ4n) is 8.30. The Morgan fingerprint density at radius 2 is 0.800 bits per heavy atom. The number of rotatable bonds is 50. The lowest BCUT2D eigenvalue weighted by Gasteiger charge is -2.25. The van der Waals surface area contributed by atoms with Gasteiger partial charge in [0.25, 0.3) is 0 Å². The minimum atomic E-state index is -4.38. The third-order valence-corrected chi connectivity index (χ3v) is 13.2. The molecular weight excluding hydrogens is 772 g/mol. The first-order valence-electron chi connectivity index (χ1n) is 26.2. The number of carbonyl (C=O) groups is 1. The Morgan fingerprint density at radius 1 is 0.500 bits per heavy atom. The van der Waals surface area contributed by atoms with Gasteiger partial charge in [-0.05, 0) is 12.8 Å². The molecule has 0 radical (unpaired) electrons. The predicted molar refractivity (Wildman–Crippen MR) is 255 cm³/mol. The second kappa shape index (κ2) is 46.5. The Morgan fingerprint density at radius 3 is 1.12 bits per heavy atom. The Hall–Kier alpha value is -0.540. The molecule has 6 N–H and O–H groups in total. The summed E-state index contributed by atoms with van der Waals surface area (Å²) in [6, 6.07) is -0.892. The Labute approximate surface area is 372 Å². The van der Waals surface area contributed by atoms with E-state index in [1.807, 2.05) is 0 Å². The molecule has 9 nitrogen and oxygen atoms in total. The average molecular weight is 875 g/mol. The van der Waals surface area contributed by atoms with Crippen molar-refractivity contribution in [3.63, 3.8) is 0 Å². The number of nitrogens with two attached hydrogens (primary N) is 1. The van der Waals surface area contributed by atoms with Crippen molar-refractivity contribution in [1.29, 1.82) is 0 Å². The van der Waals surface area contributed by atoms with E-state index < -0.39 is 32.0 Å². The zero-order valence-electron chi connectivity index (χ0n) is 39.8. The van der Waals surface area contributed by atoms with E-state index in [0.29, 0.717) is 12.8 Å². The van der Waals surface area contributed by atoms with Crippen LogP contribution in [-0.2, 0) is 18.4 Å². The van der Waals surface area contributed by atoms with Crippen molar-refractivity contribution in [3.8, 4) is 0 Å². The number of nitrogens with one attached hydrogen (secondary N) is 1. The molecule has 1 amide bonds. The first-order valence-corrected chi connectivity index (χ1v) is 27.7. The number of phosphoric ester groups is 1. The quantitative estimate of drug-likeness (QED) is 0.0299. The number of aliphatic hydroxyl groups excluding tert-OH is 2. The molecule has 0 aliphatic carbocycles. The van der Waals surface area contributed by atoms with Crippen molar-refractivity contribution in [2.45, 2.75) is 295 Å². The van der Waals surface area contributed by atoms with Gasteiger partial charge in [-0.3, -0.25) is 13.8 Å². The number of unbranched alkanes of at least 4 members (excludes halogenated alkanes) is 36. The maximum absolute atomic E-state index is 12.9. The minimum absolute atomic E-state index is 0.0630. The highest BCUT2D eigenvalue weighted by Crippen LogP contribution is 2.43. The molecule has 10 heteroatoms. The van der Waals surface area contributed by atoms with Crippen molar-refractivity contribution >= 4 is 13.7 Å². The second-order valence-corrected chi connectivity index (χ2v) is 19.7. The van der Waals surface area contributed by atoms with E-state index in [-0.39, 0.29) is 26.2 Å². The van der Waals surface area contributed by atoms with Crippen molar-refractivity contribution in [3.05, 3.63) is 0 Å². The largest absolute Gasteiger partial charge is 0.472 e. The average Bonchev–Trinajstić information content (AvgIpc) is 3.23. The molecule has 0 spiro atoms. The molecule has 60 heavy (non-hydrogen) atoms. The number of aliphatic hydroxyl groups is 2. The zero-order valence-corrected chi connectivity index (χ0v) is 40.7. The lowest BCUT2D eigenvalue weighted by Crippen LogP contribution is -2.47. The summed E-state index contributed by atoms with van der Waals surface area (Å²) < 4.78 is 22.2. The van der Waals surface area contributed by atoms with E-state index in [1.165, 1.54) is 205 Å². The summed E-state index contributed by atoms with van der Waals surface area (Å²) in [7, 11) is -4.38. The summed E-state index contributed by atoms with van der Waals surface area (Å²) in [6.07, 6.45) is 48.7. The standard InChI is InChI=1S/C50H103N2O7P/c1-3-5-7-9-11-13-15-17-19-21-22-23-24-26-28-30-32-34-36-38-40-42-49(54)48(46-59-60(56,57)58-44-43-51)52-50(55)45-47(53)41-39-37-35-33-31-29-27-25-20-18-16-14-12-10-8-6-4-2/h47-49,53-54H,3-46,51H2,1-2H3,(H,52,55)(H,56,57). The van der Waals surface area contributed by atoms with E-state index in [0.717, 1.165) is 38.5 Å². The Balaban J connectivity index is 4.10. The predicted octanol–water partition coefficient (Wildman–Crippen LogP) is 14.3. The molecule has 0 bridgehead atoms. The van der Waals surface area contributed by atoms with Crippen molar-refractivity contribution < 1.29 is 33.5 Å². The summed E-state index contributed by atoms with van der Waals surface area (Å²) in [5.41, 5.74) is 5.39. The zero-order chi connectivity index (χ0) is 44.0. The van der Waals surface area contributed by atoms with Crippen LogP contribution in [0.15, 0.2) is 0 Å². The number of phosphoric acid groups is 1. The minimum Gasteiger partial charge on any atom is -0.393 e.